The molecule has 176 valence electrons. The number of carbonyl (C=O) groups excluding carboxylic acids is 1. The predicted octanol–water partition coefficient (Wildman–Crippen LogP) is 5.22. The molecule has 0 spiro atoms. The van der Waals surface area contributed by atoms with Crippen LogP contribution < -0.4 is 10.6 Å². The normalized spacial score (nSPS) is 18.6. The molecule has 34 heavy (non-hydrogen) atoms. The van der Waals surface area contributed by atoms with Gasteiger partial charge in [-0.2, -0.15) is 0 Å². The second-order valence-electron chi connectivity index (χ2n) is 9.03. The van der Waals surface area contributed by atoms with Crippen LogP contribution >= 0.6 is 0 Å². The standard InChI is InChI=1S/C28H31N3O3/c32-27(23-13-11-21(12-14-23)17-30-28(33)34)31-26(15-20-7-3-1-4-8-20)25-16-24(18-29-19-25)22-9-5-2-6-10-22/h1-10,16,18-19,21,23,26,30H,11-15,17H2,(H,31,32)(H,33,34). The van der Waals surface area contributed by atoms with E-state index >= 15 is 0 Å². The van der Waals surface area contributed by atoms with Gasteiger partial charge in [0.2, 0.25) is 5.91 Å². The lowest BCUT2D eigenvalue weighted by molar-refractivity contribution is -0.127. The number of amides is 2. The number of carbonyl (C=O) groups is 2. The van der Waals surface area contributed by atoms with E-state index in [1.807, 2.05) is 48.8 Å². The third kappa shape index (κ3) is 6.44. The molecule has 1 unspecified atom stereocenters. The maximum Gasteiger partial charge on any atom is 0.404 e. The van der Waals surface area contributed by atoms with E-state index in [0.717, 1.165) is 47.9 Å². The smallest absolute Gasteiger partial charge is 0.404 e. The Hall–Kier alpha value is -3.67. The van der Waals surface area contributed by atoms with E-state index in [9.17, 15) is 9.59 Å². The Bertz CT molecular complexity index is 1080. The minimum absolute atomic E-state index is 0.0513. The Balaban J connectivity index is 1.48. The lowest BCUT2D eigenvalue weighted by atomic mass is 9.81. The van der Waals surface area contributed by atoms with Gasteiger partial charge < -0.3 is 15.7 Å². The van der Waals surface area contributed by atoms with E-state index in [2.05, 4.69) is 45.9 Å². The van der Waals surface area contributed by atoms with Crippen molar-refractivity contribution in [3.05, 3.63) is 90.3 Å². The third-order valence-electron chi connectivity index (χ3n) is 6.63. The number of rotatable bonds is 8. The summed E-state index contributed by atoms with van der Waals surface area (Å²) >= 11 is 0. The van der Waals surface area contributed by atoms with Crippen molar-refractivity contribution in [1.29, 1.82) is 0 Å². The zero-order valence-electron chi connectivity index (χ0n) is 19.2. The minimum Gasteiger partial charge on any atom is -0.465 e. The molecule has 1 aromatic heterocycles. The van der Waals surface area contributed by atoms with Crippen molar-refractivity contribution in [2.75, 3.05) is 6.54 Å². The topological polar surface area (TPSA) is 91.3 Å². The lowest BCUT2D eigenvalue weighted by Crippen LogP contribution is -2.38. The predicted molar refractivity (Wildman–Crippen MR) is 132 cm³/mol. The molecule has 2 amide bonds. The lowest BCUT2D eigenvalue weighted by Gasteiger charge is -2.29. The Morgan fingerprint density at radius 3 is 2.26 bits per heavy atom. The van der Waals surface area contributed by atoms with Crippen molar-refractivity contribution >= 4 is 12.0 Å². The molecule has 4 rings (SSSR count). The summed E-state index contributed by atoms with van der Waals surface area (Å²) in [5.74, 6) is 0.312. The van der Waals surface area contributed by atoms with E-state index in [0.29, 0.717) is 18.9 Å². The van der Waals surface area contributed by atoms with Crippen molar-refractivity contribution in [3.63, 3.8) is 0 Å². The van der Waals surface area contributed by atoms with Crippen LogP contribution in [0.15, 0.2) is 79.1 Å². The molecule has 0 saturated heterocycles. The van der Waals surface area contributed by atoms with Crippen LogP contribution in [0, 0.1) is 11.8 Å². The number of hydrogen-bond donors (Lipinski definition) is 3. The molecule has 2 aromatic carbocycles. The number of aromatic nitrogens is 1. The third-order valence-corrected chi connectivity index (χ3v) is 6.63. The van der Waals surface area contributed by atoms with E-state index in [-0.39, 0.29) is 17.9 Å². The molecule has 3 N–H and O–H groups in total. The summed E-state index contributed by atoms with van der Waals surface area (Å²) in [5.41, 5.74) is 4.26. The van der Waals surface area contributed by atoms with Crippen molar-refractivity contribution < 1.29 is 14.7 Å². The second-order valence-corrected chi connectivity index (χ2v) is 9.03. The van der Waals surface area contributed by atoms with Crippen LogP contribution in [0.4, 0.5) is 4.79 Å². The van der Waals surface area contributed by atoms with Gasteiger partial charge >= 0.3 is 6.09 Å². The molecular weight excluding hydrogens is 426 g/mol. The monoisotopic (exact) mass is 457 g/mol. The molecule has 1 atom stereocenters. The first-order valence-corrected chi connectivity index (χ1v) is 11.9. The average molecular weight is 458 g/mol. The molecule has 1 aliphatic rings. The number of nitrogens with zero attached hydrogens (tertiary/aromatic N) is 1. The van der Waals surface area contributed by atoms with Crippen LogP contribution in [-0.2, 0) is 11.2 Å². The highest BCUT2D eigenvalue weighted by molar-refractivity contribution is 5.79. The Kier molecular flexibility index (Phi) is 7.91. The van der Waals surface area contributed by atoms with Gasteiger partial charge in [-0.1, -0.05) is 60.7 Å². The second kappa shape index (κ2) is 11.5. The van der Waals surface area contributed by atoms with E-state index < -0.39 is 6.09 Å². The minimum atomic E-state index is -0.991. The summed E-state index contributed by atoms with van der Waals surface area (Å²) in [5, 5.41) is 14.6. The van der Waals surface area contributed by atoms with Gasteiger partial charge in [-0.25, -0.2) is 4.79 Å². The van der Waals surface area contributed by atoms with Crippen molar-refractivity contribution in [1.82, 2.24) is 15.6 Å². The van der Waals surface area contributed by atoms with Crippen LogP contribution in [0.1, 0.15) is 42.9 Å². The Morgan fingerprint density at radius 1 is 0.912 bits per heavy atom. The highest BCUT2D eigenvalue weighted by Gasteiger charge is 2.28. The van der Waals surface area contributed by atoms with Crippen LogP contribution in [-0.4, -0.2) is 28.6 Å². The fourth-order valence-electron chi connectivity index (χ4n) is 4.69. The molecular formula is C28H31N3O3. The van der Waals surface area contributed by atoms with Gasteiger partial charge in [0, 0.05) is 30.4 Å². The summed E-state index contributed by atoms with van der Waals surface area (Å²) in [7, 11) is 0. The number of nitrogens with one attached hydrogen (secondary N) is 2. The summed E-state index contributed by atoms with van der Waals surface area (Å²) in [6.07, 6.45) is 6.65. The maximum atomic E-state index is 13.3. The quantitative estimate of drug-likeness (QED) is 0.432. The van der Waals surface area contributed by atoms with Gasteiger partial charge in [-0.05, 0) is 60.8 Å². The molecule has 0 radical (unpaired) electrons. The zero-order chi connectivity index (χ0) is 23.8. The number of pyridine rings is 1. The Labute approximate surface area is 200 Å². The highest BCUT2D eigenvalue weighted by atomic mass is 16.4. The first kappa shape index (κ1) is 23.5. The number of hydrogen-bond acceptors (Lipinski definition) is 3. The average Bonchev–Trinajstić information content (AvgIpc) is 2.88. The zero-order valence-corrected chi connectivity index (χ0v) is 19.2. The highest BCUT2D eigenvalue weighted by Crippen LogP contribution is 2.30. The molecule has 6 heteroatoms. The molecule has 6 nitrogen and oxygen atoms in total. The van der Waals surface area contributed by atoms with Crippen LogP contribution in [0.3, 0.4) is 0 Å². The van der Waals surface area contributed by atoms with Crippen molar-refractivity contribution in [3.8, 4) is 11.1 Å². The van der Waals surface area contributed by atoms with Gasteiger partial charge in [0.25, 0.3) is 0 Å². The van der Waals surface area contributed by atoms with Gasteiger partial charge in [0.05, 0.1) is 6.04 Å². The summed E-state index contributed by atoms with van der Waals surface area (Å²) < 4.78 is 0. The van der Waals surface area contributed by atoms with E-state index in [4.69, 9.17) is 5.11 Å². The summed E-state index contributed by atoms with van der Waals surface area (Å²) in [6, 6.07) is 22.2. The molecule has 1 fully saturated rings. The van der Waals surface area contributed by atoms with Crippen LogP contribution in [0.5, 0.6) is 0 Å². The largest absolute Gasteiger partial charge is 0.465 e. The molecule has 1 heterocycles. The van der Waals surface area contributed by atoms with Crippen molar-refractivity contribution in [2.24, 2.45) is 11.8 Å². The molecule has 0 bridgehead atoms. The summed E-state index contributed by atoms with van der Waals surface area (Å²) in [4.78, 5) is 28.5. The fourth-order valence-corrected chi connectivity index (χ4v) is 4.69. The van der Waals surface area contributed by atoms with Gasteiger partial charge in [0.15, 0.2) is 0 Å². The first-order valence-electron chi connectivity index (χ1n) is 11.9. The van der Waals surface area contributed by atoms with E-state index in [1.165, 1.54) is 0 Å². The maximum absolute atomic E-state index is 13.3. The fraction of sp³-hybridized carbons (Fsp3) is 0.321. The van der Waals surface area contributed by atoms with E-state index in [1.54, 1.807) is 0 Å². The number of benzene rings is 2. The number of carboxylic acid groups (broad SMARTS) is 1. The SMILES string of the molecule is O=C(O)NCC1CCC(C(=O)NC(Cc2ccccc2)c2cncc(-c3ccccc3)c2)CC1. The van der Waals surface area contributed by atoms with Crippen LogP contribution in [0.2, 0.25) is 0 Å². The van der Waals surface area contributed by atoms with Gasteiger partial charge in [-0.15, -0.1) is 0 Å². The molecule has 1 aliphatic carbocycles. The molecule has 0 aliphatic heterocycles. The van der Waals surface area contributed by atoms with Crippen molar-refractivity contribution in [2.45, 2.75) is 38.1 Å². The van der Waals surface area contributed by atoms with Gasteiger partial charge in [0.1, 0.15) is 0 Å². The van der Waals surface area contributed by atoms with Gasteiger partial charge in [-0.3, -0.25) is 9.78 Å². The Morgan fingerprint density at radius 2 is 1.59 bits per heavy atom. The molecule has 3 aromatic rings. The molecule has 1 saturated carbocycles. The summed E-state index contributed by atoms with van der Waals surface area (Å²) in [6.45, 7) is 0.457. The first-order chi connectivity index (χ1) is 16.6. The van der Waals surface area contributed by atoms with Crippen LogP contribution in [0.25, 0.3) is 11.1 Å².